The highest BCUT2D eigenvalue weighted by Gasteiger charge is 2.50. The van der Waals surface area contributed by atoms with Crippen molar-refractivity contribution >= 4 is 17.7 Å². The average Bonchev–Trinajstić information content (AvgIpc) is 3.37. The first-order chi connectivity index (χ1) is 23.2. The fourth-order valence-corrected chi connectivity index (χ4v) is 6.17. The van der Waals surface area contributed by atoms with Gasteiger partial charge in [-0.1, -0.05) is 182 Å². The van der Waals surface area contributed by atoms with Gasteiger partial charge in [0.25, 0.3) is 0 Å². The van der Waals surface area contributed by atoms with Gasteiger partial charge >= 0.3 is 0 Å². The van der Waals surface area contributed by atoms with Crippen molar-refractivity contribution in [1.29, 1.82) is 0 Å². The molecule has 2 heteroatoms. The molecular weight excluding hydrogens is 589 g/mol. The maximum absolute atomic E-state index is 4.31. The molecule has 0 saturated carbocycles. The van der Waals surface area contributed by atoms with E-state index in [1.807, 2.05) is 26.8 Å². The first-order valence-corrected chi connectivity index (χ1v) is 18.2. The molecular formula is C47H66BN. The zero-order chi connectivity index (χ0) is 37.5. The van der Waals surface area contributed by atoms with Crippen molar-refractivity contribution in [1.82, 2.24) is 5.32 Å². The SMILES string of the molecule is C=C(C)/C=C(/C)CC.C=CC(=C)c1cc(B2C(C=C)=C3C(=C2/C=C\C)NC(C)(C)C(C)(C)/C3=C/C)cc(-c2ccccc2)c1.CC.CCC. The summed E-state index contributed by atoms with van der Waals surface area (Å²) in [5.41, 5.74) is 14.4. The summed E-state index contributed by atoms with van der Waals surface area (Å²) >= 11 is 0. The molecule has 0 aromatic heterocycles. The summed E-state index contributed by atoms with van der Waals surface area (Å²) in [6.07, 6.45) is 15.1. The summed E-state index contributed by atoms with van der Waals surface area (Å²) in [6.45, 7) is 44.5. The lowest BCUT2D eigenvalue weighted by Gasteiger charge is -2.51. The molecule has 0 unspecified atom stereocenters. The molecule has 1 nitrogen and oxygen atoms in total. The minimum absolute atomic E-state index is 0.0566. The Bertz CT molecular complexity index is 1620. The van der Waals surface area contributed by atoms with E-state index < -0.39 is 0 Å². The van der Waals surface area contributed by atoms with Crippen LogP contribution in [0, 0.1) is 5.41 Å². The van der Waals surface area contributed by atoms with Crippen molar-refractivity contribution in [3.8, 4) is 11.1 Å². The number of allylic oxidation sites excluding steroid dienone is 12. The van der Waals surface area contributed by atoms with E-state index in [1.54, 1.807) is 0 Å². The van der Waals surface area contributed by atoms with Gasteiger partial charge in [-0.2, -0.15) is 0 Å². The first-order valence-electron chi connectivity index (χ1n) is 18.2. The molecule has 2 aromatic rings. The van der Waals surface area contributed by atoms with E-state index in [9.17, 15) is 0 Å². The third kappa shape index (κ3) is 10.2. The van der Waals surface area contributed by atoms with E-state index in [-0.39, 0.29) is 17.7 Å². The van der Waals surface area contributed by atoms with Crippen LogP contribution in [-0.4, -0.2) is 12.3 Å². The predicted octanol–water partition coefficient (Wildman–Crippen LogP) is 13.4. The molecule has 0 aliphatic carbocycles. The topological polar surface area (TPSA) is 12.0 Å². The van der Waals surface area contributed by atoms with E-state index in [1.165, 1.54) is 56.4 Å². The smallest absolute Gasteiger partial charge is 0.244 e. The van der Waals surface area contributed by atoms with Crippen LogP contribution >= 0.6 is 0 Å². The van der Waals surface area contributed by atoms with Crippen molar-refractivity contribution in [3.63, 3.8) is 0 Å². The largest absolute Gasteiger partial charge is 0.379 e. The number of hydrogen-bond donors (Lipinski definition) is 1. The molecule has 1 saturated heterocycles. The minimum Gasteiger partial charge on any atom is -0.379 e. The average molecular weight is 656 g/mol. The Hall–Kier alpha value is -4.04. The van der Waals surface area contributed by atoms with Crippen LogP contribution in [-0.2, 0) is 0 Å². The van der Waals surface area contributed by atoms with Gasteiger partial charge in [-0.15, -0.1) is 0 Å². The monoisotopic (exact) mass is 656 g/mol. The summed E-state index contributed by atoms with van der Waals surface area (Å²) < 4.78 is 0. The van der Waals surface area contributed by atoms with Gasteiger partial charge in [0.2, 0.25) is 6.71 Å². The Morgan fingerprint density at radius 1 is 0.857 bits per heavy atom. The van der Waals surface area contributed by atoms with Crippen molar-refractivity contribution < 1.29 is 0 Å². The van der Waals surface area contributed by atoms with Gasteiger partial charge in [0.1, 0.15) is 0 Å². The third-order valence-corrected chi connectivity index (χ3v) is 9.31. The Balaban J connectivity index is 0.000000793. The van der Waals surface area contributed by atoms with Gasteiger partial charge < -0.3 is 5.32 Å². The number of nitrogens with one attached hydrogen (secondary N) is 1. The summed E-state index contributed by atoms with van der Waals surface area (Å²) in [7, 11) is 0. The van der Waals surface area contributed by atoms with Gasteiger partial charge in [0.05, 0.1) is 0 Å². The van der Waals surface area contributed by atoms with Crippen LogP contribution < -0.4 is 10.8 Å². The lowest BCUT2D eigenvalue weighted by molar-refractivity contribution is 0.201. The maximum atomic E-state index is 4.31. The number of fused-ring (bicyclic) bond motifs is 1. The number of rotatable bonds is 8. The fraction of sp³-hybridized carbons (Fsp3) is 0.362. The molecule has 1 N–H and O–H groups in total. The molecule has 0 bridgehead atoms. The highest BCUT2D eigenvalue weighted by atomic mass is 15.0. The zero-order valence-corrected chi connectivity index (χ0v) is 33.4. The van der Waals surface area contributed by atoms with Crippen LogP contribution in [0.4, 0.5) is 0 Å². The summed E-state index contributed by atoms with van der Waals surface area (Å²) in [4.78, 5) is 0. The lowest BCUT2D eigenvalue weighted by atomic mass is 9.37. The van der Waals surface area contributed by atoms with Crippen molar-refractivity contribution in [2.45, 2.75) is 108 Å². The van der Waals surface area contributed by atoms with E-state index in [0.29, 0.717) is 0 Å². The summed E-state index contributed by atoms with van der Waals surface area (Å²) in [6, 6.07) is 17.4. The highest BCUT2D eigenvalue weighted by molar-refractivity contribution is 6.88. The summed E-state index contributed by atoms with van der Waals surface area (Å²) in [5.74, 6) is 0. The molecule has 2 aromatic carbocycles. The van der Waals surface area contributed by atoms with Crippen LogP contribution in [0.5, 0.6) is 0 Å². The third-order valence-electron chi connectivity index (χ3n) is 9.31. The molecule has 49 heavy (non-hydrogen) atoms. The number of piperidine rings is 1. The Labute approximate surface area is 302 Å². The highest BCUT2D eigenvalue weighted by Crippen LogP contribution is 2.52. The second kappa shape index (κ2) is 19.8. The van der Waals surface area contributed by atoms with E-state index in [4.69, 9.17) is 0 Å². The molecule has 4 rings (SSSR count). The molecule has 0 spiro atoms. The number of hydrogen-bond acceptors (Lipinski definition) is 1. The van der Waals surface area contributed by atoms with Crippen molar-refractivity contribution in [3.05, 3.63) is 156 Å². The Morgan fingerprint density at radius 2 is 1.45 bits per heavy atom. The first kappa shape index (κ1) is 43.0. The lowest BCUT2D eigenvalue weighted by Crippen LogP contribution is -2.56. The molecule has 0 atom stereocenters. The van der Waals surface area contributed by atoms with Gasteiger partial charge in [-0.25, -0.2) is 0 Å². The molecule has 2 heterocycles. The normalized spacial score (nSPS) is 16.7. The van der Waals surface area contributed by atoms with Crippen LogP contribution in [0.3, 0.4) is 0 Å². The zero-order valence-electron chi connectivity index (χ0n) is 33.4. The fourth-order valence-electron chi connectivity index (χ4n) is 6.17. The maximum Gasteiger partial charge on any atom is 0.244 e. The quantitative estimate of drug-likeness (QED) is 0.220. The summed E-state index contributed by atoms with van der Waals surface area (Å²) in [5, 5.41) is 3.95. The molecule has 0 amide bonds. The van der Waals surface area contributed by atoms with Crippen LogP contribution in [0.2, 0.25) is 0 Å². The molecule has 0 radical (unpaired) electrons. The van der Waals surface area contributed by atoms with Crippen LogP contribution in [0.1, 0.15) is 108 Å². The van der Waals surface area contributed by atoms with Crippen molar-refractivity contribution in [2.75, 3.05) is 0 Å². The van der Waals surface area contributed by atoms with E-state index >= 15 is 0 Å². The van der Waals surface area contributed by atoms with E-state index in [0.717, 1.165) is 23.1 Å². The van der Waals surface area contributed by atoms with Gasteiger partial charge in [-0.3, -0.25) is 0 Å². The second-order valence-electron chi connectivity index (χ2n) is 13.7. The Morgan fingerprint density at radius 3 is 1.90 bits per heavy atom. The van der Waals surface area contributed by atoms with Gasteiger partial charge in [-0.05, 0) is 92.9 Å². The number of benzene rings is 2. The van der Waals surface area contributed by atoms with Crippen LogP contribution in [0.15, 0.2) is 150 Å². The molecule has 262 valence electrons. The standard InChI is InChI=1S/C34H38BN.C8H14.C3H8.C2H6/c1-10-17-30-32-31(28(12-3)33(6,7)34(8,9)36-32)29(13-4)35(30)27-21-25(23(5)11-2)20-26(22-27)24-18-15-14-16-19-24;1-5-8(4)6-7(2)3;1-3-2;1-2/h10-22,36H,2,4-5H2,1,3,6-9H3;6H,2,5H2,1,3-4H3;3H2,1-2H3;1-2H3/b17-10-,28-12+;8-6-;;. The molecule has 2 aliphatic heterocycles. The van der Waals surface area contributed by atoms with Gasteiger partial charge in [0, 0.05) is 16.7 Å². The van der Waals surface area contributed by atoms with Crippen LogP contribution in [0.25, 0.3) is 16.7 Å². The Kier molecular flexibility index (Phi) is 17.4. The van der Waals surface area contributed by atoms with Gasteiger partial charge in [0.15, 0.2) is 0 Å². The second-order valence-corrected chi connectivity index (χ2v) is 13.7. The van der Waals surface area contributed by atoms with E-state index in [2.05, 4.69) is 180 Å². The molecule has 2 aliphatic rings. The minimum atomic E-state index is -0.115. The molecule has 1 fully saturated rings. The predicted molar refractivity (Wildman–Crippen MR) is 226 cm³/mol. The van der Waals surface area contributed by atoms with Crippen molar-refractivity contribution in [2.24, 2.45) is 5.41 Å².